The van der Waals surface area contributed by atoms with Crippen molar-refractivity contribution >= 4 is 39.1 Å². The normalized spacial score (nSPS) is 28.1. The molecule has 7 heteroatoms. The topological polar surface area (TPSA) is 71.1 Å². The van der Waals surface area contributed by atoms with E-state index in [4.69, 9.17) is 11.6 Å². The number of rotatable bonds is 5. The van der Waals surface area contributed by atoms with E-state index in [9.17, 15) is 9.59 Å². The second-order valence-electron chi connectivity index (χ2n) is 7.39. The minimum absolute atomic E-state index is 0.00611. The van der Waals surface area contributed by atoms with Crippen LogP contribution in [0.5, 0.6) is 0 Å². The van der Waals surface area contributed by atoms with Crippen LogP contribution in [0.3, 0.4) is 0 Å². The van der Waals surface area contributed by atoms with Crippen LogP contribution in [-0.2, 0) is 11.2 Å². The summed E-state index contributed by atoms with van der Waals surface area (Å²) < 4.78 is 0. The third-order valence-electron chi connectivity index (χ3n) is 4.84. The van der Waals surface area contributed by atoms with Gasteiger partial charge < -0.3 is 10.6 Å². The van der Waals surface area contributed by atoms with Gasteiger partial charge in [0.25, 0.3) is 5.91 Å². The first kappa shape index (κ1) is 17.4. The minimum Gasteiger partial charge on any atom is -0.343 e. The molecule has 1 aromatic carbocycles. The number of hydrogen-bond donors (Lipinski definition) is 2. The van der Waals surface area contributed by atoms with Gasteiger partial charge in [-0.2, -0.15) is 0 Å². The Balaban J connectivity index is 1.39. The fraction of sp³-hybridized carbons (Fsp3) is 0.316. The van der Waals surface area contributed by atoms with E-state index in [0.717, 1.165) is 22.8 Å². The lowest BCUT2D eigenvalue weighted by Gasteiger charge is -2.73. The summed E-state index contributed by atoms with van der Waals surface area (Å²) in [5.41, 5.74) is 1.65. The average Bonchev–Trinajstić information content (AvgIpc) is 2.54. The van der Waals surface area contributed by atoms with E-state index in [2.05, 4.69) is 21.9 Å². The van der Waals surface area contributed by atoms with Crippen molar-refractivity contribution in [3.05, 3.63) is 58.9 Å². The molecule has 0 saturated carbocycles. The zero-order chi connectivity index (χ0) is 18.4. The number of halogens is 1. The van der Waals surface area contributed by atoms with E-state index in [-0.39, 0.29) is 33.8 Å². The van der Waals surface area contributed by atoms with Gasteiger partial charge in [-0.15, -0.1) is 0 Å². The predicted molar refractivity (Wildman–Crippen MR) is 106 cm³/mol. The Morgan fingerprint density at radius 1 is 1.23 bits per heavy atom. The largest absolute Gasteiger partial charge is 0.343 e. The molecular weight excluding hydrogens is 370 g/mol. The molecule has 136 valence electrons. The Bertz CT molecular complexity index is 882. The van der Waals surface area contributed by atoms with Gasteiger partial charge in [0.05, 0.1) is 12.0 Å². The lowest BCUT2D eigenvalue weighted by molar-refractivity contribution is -0.115. The SMILES string of the molecule is CS12CC(NC(=O)c3cc(NC(=O)Cc4ccccc4Cl)ccn3)(C1)C2. The molecule has 2 N–H and O–H groups in total. The predicted octanol–water partition coefficient (Wildman–Crippen LogP) is 2.85. The Morgan fingerprint density at radius 2 is 1.96 bits per heavy atom. The van der Waals surface area contributed by atoms with Crippen LogP contribution in [0.2, 0.25) is 5.02 Å². The molecule has 3 aliphatic rings. The number of nitrogens with one attached hydrogen (secondary N) is 2. The van der Waals surface area contributed by atoms with Crippen molar-refractivity contribution in [1.82, 2.24) is 10.3 Å². The summed E-state index contributed by atoms with van der Waals surface area (Å²) in [6.45, 7) is 0. The Labute approximate surface area is 158 Å². The molecule has 2 amide bonds. The molecule has 3 aliphatic heterocycles. The lowest BCUT2D eigenvalue weighted by Crippen LogP contribution is -2.77. The highest BCUT2D eigenvalue weighted by Crippen LogP contribution is 2.71. The number of carbonyl (C=O) groups excluding carboxylic acids is 2. The van der Waals surface area contributed by atoms with Crippen molar-refractivity contribution in [3.63, 3.8) is 0 Å². The molecular formula is C19H20ClN3O2S. The first-order chi connectivity index (χ1) is 12.4. The second kappa shape index (κ2) is 6.28. The minimum atomic E-state index is -0.384. The van der Waals surface area contributed by atoms with Crippen molar-refractivity contribution in [2.45, 2.75) is 12.0 Å². The van der Waals surface area contributed by atoms with E-state index in [1.165, 1.54) is 6.20 Å². The van der Waals surface area contributed by atoms with Crippen molar-refractivity contribution in [1.29, 1.82) is 0 Å². The van der Waals surface area contributed by atoms with Crippen molar-refractivity contribution in [3.8, 4) is 0 Å². The number of aromatic nitrogens is 1. The van der Waals surface area contributed by atoms with E-state index in [1.807, 2.05) is 18.2 Å². The van der Waals surface area contributed by atoms with Crippen LogP contribution >= 0.6 is 21.6 Å². The molecule has 4 heterocycles. The van der Waals surface area contributed by atoms with Gasteiger partial charge in [-0.3, -0.25) is 14.6 Å². The first-order valence-corrected chi connectivity index (χ1v) is 11.3. The van der Waals surface area contributed by atoms with Crippen LogP contribution in [-0.4, -0.2) is 45.9 Å². The quantitative estimate of drug-likeness (QED) is 0.826. The summed E-state index contributed by atoms with van der Waals surface area (Å²) in [7, 11) is -0.384. The lowest BCUT2D eigenvalue weighted by atomic mass is 10.0. The third kappa shape index (κ3) is 3.31. The summed E-state index contributed by atoms with van der Waals surface area (Å²) in [5, 5.41) is 6.49. The number of nitrogens with zero attached hydrogens (tertiary/aromatic N) is 1. The summed E-state index contributed by atoms with van der Waals surface area (Å²) in [5.74, 6) is 3.01. The average molecular weight is 390 g/mol. The molecule has 5 nitrogen and oxygen atoms in total. The van der Waals surface area contributed by atoms with Crippen molar-refractivity contribution < 1.29 is 9.59 Å². The van der Waals surface area contributed by atoms with E-state index < -0.39 is 0 Å². The smallest absolute Gasteiger partial charge is 0.270 e. The summed E-state index contributed by atoms with van der Waals surface area (Å²) >= 11 is 6.09. The Hall–Kier alpha value is -2.05. The Kier molecular flexibility index (Phi) is 4.20. The number of anilines is 1. The number of hydrogen-bond acceptors (Lipinski definition) is 3. The molecule has 2 aromatic rings. The summed E-state index contributed by atoms with van der Waals surface area (Å²) in [4.78, 5) is 28.9. The van der Waals surface area contributed by atoms with Crippen molar-refractivity contribution in [2.24, 2.45) is 0 Å². The molecule has 2 bridgehead atoms. The molecule has 0 unspecified atom stereocenters. The monoisotopic (exact) mass is 389 g/mol. The van der Waals surface area contributed by atoms with Crippen LogP contribution < -0.4 is 10.6 Å². The maximum absolute atomic E-state index is 12.5. The van der Waals surface area contributed by atoms with Gasteiger partial charge in [-0.25, -0.2) is 10.0 Å². The van der Waals surface area contributed by atoms with Crippen LogP contribution in [0.4, 0.5) is 5.69 Å². The van der Waals surface area contributed by atoms with Gasteiger partial charge in [0.15, 0.2) is 0 Å². The molecule has 5 rings (SSSR count). The second-order valence-corrected chi connectivity index (χ2v) is 11.6. The zero-order valence-corrected chi connectivity index (χ0v) is 16.0. The summed E-state index contributed by atoms with van der Waals surface area (Å²) in [6.07, 6.45) is 4.04. The fourth-order valence-electron chi connectivity index (χ4n) is 3.94. The van der Waals surface area contributed by atoms with Crippen LogP contribution in [0.15, 0.2) is 42.6 Å². The van der Waals surface area contributed by atoms with Crippen molar-refractivity contribution in [2.75, 3.05) is 28.8 Å². The van der Waals surface area contributed by atoms with Crippen LogP contribution in [0.25, 0.3) is 0 Å². The van der Waals surface area contributed by atoms with Gasteiger partial charge in [-0.05, 0) is 30.0 Å². The highest BCUT2D eigenvalue weighted by Gasteiger charge is 2.62. The first-order valence-electron chi connectivity index (χ1n) is 8.40. The van der Waals surface area contributed by atoms with Crippen LogP contribution in [0, 0.1) is 0 Å². The van der Waals surface area contributed by atoms with E-state index in [0.29, 0.717) is 16.4 Å². The van der Waals surface area contributed by atoms with Crippen LogP contribution in [0.1, 0.15) is 16.1 Å². The highest BCUT2D eigenvalue weighted by molar-refractivity contribution is 8.36. The van der Waals surface area contributed by atoms with Gasteiger partial charge in [0.1, 0.15) is 5.69 Å². The van der Waals surface area contributed by atoms with E-state index in [1.54, 1.807) is 18.2 Å². The van der Waals surface area contributed by atoms with Gasteiger partial charge in [0, 0.05) is 34.2 Å². The van der Waals surface area contributed by atoms with Gasteiger partial charge in [-0.1, -0.05) is 29.8 Å². The molecule has 3 saturated heterocycles. The molecule has 26 heavy (non-hydrogen) atoms. The number of carbonyl (C=O) groups is 2. The Morgan fingerprint density at radius 3 is 2.65 bits per heavy atom. The van der Waals surface area contributed by atoms with Gasteiger partial charge in [0.2, 0.25) is 5.91 Å². The molecule has 0 spiro atoms. The standard InChI is InChI=1S/C19H20ClN3O2S/c1-26-10-19(11-26,12-26)23-18(25)16-9-14(6-7-21-16)22-17(24)8-13-4-2-3-5-15(13)20/h2-7,9H,8,10-12H2,1H3,(H,23,25)(H,21,22,24). The number of amides is 2. The maximum atomic E-state index is 12.5. The number of benzene rings is 1. The molecule has 0 aliphatic carbocycles. The highest BCUT2D eigenvalue weighted by atomic mass is 35.5. The molecule has 0 radical (unpaired) electrons. The fourth-order valence-corrected chi connectivity index (χ4v) is 8.11. The maximum Gasteiger partial charge on any atom is 0.270 e. The summed E-state index contributed by atoms with van der Waals surface area (Å²) in [6, 6.07) is 10.5. The number of pyridine rings is 1. The third-order valence-corrected chi connectivity index (χ3v) is 8.96. The van der Waals surface area contributed by atoms with E-state index >= 15 is 0 Å². The molecule has 1 aromatic heterocycles. The molecule has 3 fully saturated rings. The zero-order valence-electron chi connectivity index (χ0n) is 14.4. The van der Waals surface area contributed by atoms with Gasteiger partial charge >= 0.3 is 0 Å². The molecule has 0 atom stereocenters.